The molecule has 1 aromatic carbocycles. The van der Waals surface area contributed by atoms with Crippen LogP contribution in [0.5, 0.6) is 0 Å². The van der Waals surface area contributed by atoms with Gasteiger partial charge in [0, 0.05) is 5.56 Å². The Morgan fingerprint density at radius 1 is 1.21 bits per heavy atom. The van der Waals surface area contributed by atoms with Crippen molar-refractivity contribution in [3.8, 4) is 0 Å². The lowest BCUT2D eigenvalue weighted by molar-refractivity contribution is 0.314. The molecule has 1 rings (SSSR count). The number of aryl methyl sites for hydroxylation is 1. The molecular weight excluding hydrogens is 182 g/mol. The SMILES string of the molecule is Cc1ccccc1C(=NO)C(N)=NO. The molecule has 0 aliphatic carbocycles. The highest BCUT2D eigenvalue weighted by atomic mass is 16.4. The van der Waals surface area contributed by atoms with E-state index >= 15 is 0 Å². The Bertz CT molecular complexity index is 385. The average molecular weight is 193 g/mol. The zero-order valence-electron chi connectivity index (χ0n) is 7.68. The van der Waals surface area contributed by atoms with Crippen LogP contribution in [0.15, 0.2) is 34.6 Å². The largest absolute Gasteiger partial charge is 0.410 e. The molecule has 0 spiro atoms. The van der Waals surface area contributed by atoms with E-state index in [-0.39, 0.29) is 11.5 Å². The predicted molar refractivity (Wildman–Crippen MR) is 52.9 cm³/mol. The van der Waals surface area contributed by atoms with Crippen molar-refractivity contribution >= 4 is 11.5 Å². The summed E-state index contributed by atoms with van der Waals surface area (Å²) in [5.74, 6) is -0.221. The van der Waals surface area contributed by atoms with Gasteiger partial charge in [0.15, 0.2) is 11.5 Å². The van der Waals surface area contributed by atoms with Crippen LogP contribution in [0.1, 0.15) is 11.1 Å². The Morgan fingerprint density at radius 3 is 2.36 bits per heavy atom. The van der Waals surface area contributed by atoms with E-state index in [1.54, 1.807) is 12.1 Å². The van der Waals surface area contributed by atoms with Crippen molar-refractivity contribution in [2.24, 2.45) is 16.0 Å². The first-order chi connectivity index (χ1) is 6.70. The fraction of sp³-hybridized carbons (Fsp3) is 0.111. The van der Waals surface area contributed by atoms with Crippen molar-refractivity contribution in [2.45, 2.75) is 6.92 Å². The molecule has 0 unspecified atom stereocenters. The van der Waals surface area contributed by atoms with Gasteiger partial charge in [-0.3, -0.25) is 0 Å². The van der Waals surface area contributed by atoms with Crippen molar-refractivity contribution in [1.82, 2.24) is 0 Å². The minimum atomic E-state index is -0.221. The highest BCUT2D eigenvalue weighted by Gasteiger charge is 2.11. The van der Waals surface area contributed by atoms with Crippen LogP contribution in [0.2, 0.25) is 0 Å². The zero-order chi connectivity index (χ0) is 10.6. The van der Waals surface area contributed by atoms with Crippen LogP contribution in [0.3, 0.4) is 0 Å². The maximum absolute atomic E-state index is 8.72. The second-order valence-electron chi connectivity index (χ2n) is 2.75. The summed E-state index contributed by atoms with van der Waals surface area (Å²) in [6, 6.07) is 7.19. The molecular formula is C9H11N3O2. The highest BCUT2D eigenvalue weighted by Crippen LogP contribution is 2.08. The summed E-state index contributed by atoms with van der Waals surface area (Å²) in [4.78, 5) is 0. The minimum absolute atomic E-state index is 0.0607. The molecule has 5 nitrogen and oxygen atoms in total. The highest BCUT2D eigenvalue weighted by molar-refractivity contribution is 6.47. The number of oxime groups is 2. The van der Waals surface area contributed by atoms with Crippen LogP contribution in [-0.2, 0) is 0 Å². The van der Waals surface area contributed by atoms with Crippen molar-refractivity contribution in [2.75, 3.05) is 0 Å². The van der Waals surface area contributed by atoms with Gasteiger partial charge in [-0.15, -0.1) is 0 Å². The molecule has 0 bridgehead atoms. The van der Waals surface area contributed by atoms with Gasteiger partial charge in [-0.1, -0.05) is 34.6 Å². The van der Waals surface area contributed by atoms with Crippen molar-refractivity contribution in [3.63, 3.8) is 0 Å². The van der Waals surface area contributed by atoms with Gasteiger partial charge in [-0.25, -0.2) is 0 Å². The van der Waals surface area contributed by atoms with E-state index in [1.807, 2.05) is 19.1 Å². The van der Waals surface area contributed by atoms with E-state index in [9.17, 15) is 0 Å². The molecule has 0 saturated heterocycles. The number of hydrogen-bond donors (Lipinski definition) is 3. The van der Waals surface area contributed by atoms with Crippen molar-refractivity contribution < 1.29 is 10.4 Å². The normalized spacial score (nSPS) is 12.9. The van der Waals surface area contributed by atoms with Crippen LogP contribution in [-0.4, -0.2) is 22.0 Å². The third-order valence-electron chi connectivity index (χ3n) is 1.85. The molecule has 4 N–H and O–H groups in total. The maximum atomic E-state index is 8.72. The van der Waals surface area contributed by atoms with Gasteiger partial charge in [0.1, 0.15) is 0 Å². The molecule has 0 aromatic heterocycles. The van der Waals surface area contributed by atoms with Gasteiger partial charge in [-0.2, -0.15) is 0 Å². The lowest BCUT2D eigenvalue weighted by atomic mass is 10.0. The van der Waals surface area contributed by atoms with Crippen LogP contribution >= 0.6 is 0 Å². The van der Waals surface area contributed by atoms with Crippen molar-refractivity contribution in [3.05, 3.63) is 35.4 Å². The predicted octanol–water partition coefficient (Wildman–Crippen LogP) is 0.920. The van der Waals surface area contributed by atoms with Gasteiger partial charge in [0.2, 0.25) is 0 Å². The monoisotopic (exact) mass is 193 g/mol. The van der Waals surface area contributed by atoms with Crippen LogP contribution < -0.4 is 5.73 Å². The Kier molecular flexibility index (Phi) is 3.06. The molecule has 14 heavy (non-hydrogen) atoms. The van der Waals surface area contributed by atoms with E-state index in [0.717, 1.165) is 5.56 Å². The van der Waals surface area contributed by atoms with Gasteiger partial charge in [0.25, 0.3) is 0 Å². The van der Waals surface area contributed by atoms with Gasteiger partial charge in [-0.05, 0) is 12.5 Å². The third kappa shape index (κ3) is 1.82. The first-order valence-corrected chi connectivity index (χ1v) is 3.96. The fourth-order valence-corrected chi connectivity index (χ4v) is 1.13. The van der Waals surface area contributed by atoms with Gasteiger partial charge in [0.05, 0.1) is 0 Å². The van der Waals surface area contributed by atoms with Crippen molar-refractivity contribution in [1.29, 1.82) is 0 Å². The molecule has 0 radical (unpaired) electrons. The number of amidine groups is 1. The van der Waals surface area contributed by atoms with E-state index in [2.05, 4.69) is 10.3 Å². The quantitative estimate of drug-likeness (QED) is 0.282. The molecule has 0 aliphatic heterocycles. The van der Waals surface area contributed by atoms with Gasteiger partial charge >= 0.3 is 0 Å². The Labute approximate surface area is 81.2 Å². The zero-order valence-corrected chi connectivity index (χ0v) is 7.68. The third-order valence-corrected chi connectivity index (χ3v) is 1.85. The van der Waals surface area contributed by atoms with Crippen LogP contribution in [0.25, 0.3) is 0 Å². The number of rotatable bonds is 2. The number of nitrogens with two attached hydrogens (primary N) is 1. The summed E-state index contributed by atoms with van der Waals surface area (Å²) in [5, 5.41) is 23.0. The van der Waals surface area contributed by atoms with E-state index < -0.39 is 0 Å². The summed E-state index contributed by atoms with van der Waals surface area (Å²) in [6.45, 7) is 1.84. The second kappa shape index (κ2) is 4.27. The number of benzene rings is 1. The Balaban J connectivity index is 3.22. The number of nitrogens with zero attached hydrogens (tertiary/aromatic N) is 2. The summed E-state index contributed by atoms with van der Waals surface area (Å²) in [7, 11) is 0. The van der Waals surface area contributed by atoms with Gasteiger partial charge < -0.3 is 16.1 Å². The summed E-state index contributed by atoms with van der Waals surface area (Å²) in [5.41, 5.74) is 6.91. The van der Waals surface area contributed by atoms with E-state index in [1.165, 1.54) is 0 Å². The smallest absolute Gasteiger partial charge is 0.192 e. The molecule has 0 amide bonds. The molecule has 0 atom stereocenters. The Morgan fingerprint density at radius 2 is 1.86 bits per heavy atom. The molecule has 0 fully saturated rings. The average Bonchev–Trinajstić information content (AvgIpc) is 2.21. The lowest BCUT2D eigenvalue weighted by Crippen LogP contribution is -2.25. The number of hydrogen-bond acceptors (Lipinski definition) is 4. The fourth-order valence-electron chi connectivity index (χ4n) is 1.13. The molecule has 74 valence electrons. The lowest BCUT2D eigenvalue weighted by Gasteiger charge is -2.05. The summed E-state index contributed by atoms with van der Waals surface area (Å²) >= 11 is 0. The summed E-state index contributed by atoms with van der Waals surface area (Å²) < 4.78 is 0. The topological polar surface area (TPSA) is 91.2 Å². The van der Waals surface area contributed by atoms with E-state index in [4.69, 9.17) is 16.1 Å². The maximum Gasteiger partial charge on any atom is 0.192 e. The van der Waals surface area contributed by atoms with E-state index in [0.29, 0.717) is 5.56 Å². The second-order valence-corrected chi connectivity index (χ2v) is 2.75. The Hall–Kier alpha value is -2.04. The first-order valence-electron chi connectivity index (χ1n) is 3.96. The standard InChI is InChI=1S/C9H11N3O2/c1-6-4-2-3-5-7(6)8(11-13)9(10)12-14/h2-5,13-14H,1H3,(H2,10,12). The van der Waals surface area contributed by atoms with Crippen LogP contribution in [0, 0.1) is 6.92 Å². The van der Waals surface area contributed by atoms with Crippen LogP contribution in [0.4, 0.5) is 0 Å². The molecule has 0 saturated carbocycles. The molecule has 0 aliphatic rings. The summed E-state index contributed by atoms with van der Waals surface area (Å²) in [6.07, 6.45) is 0. The minimum Gasteiger partial charge on any atom is -0.410 e. The molecule has 0 heterocycles. The molecule has 5 heteroatoms. The molecule has 1 aromatic rings. The first kappa shape index (κ1) is 10.0.